The average molecular weight is 382 g/mol. The number of hydrogen-bond donors (Lipinski definition) is 0. The Morgan fingerprint density at radius 3 is 2.57 bits per heavy atom. The third-order valence-electron chi connectivity index (χ3n) is 3.50. The van der Waals surface area contributed by atoms with Gasteiger partial charge in [0.25, 0.3) is 5.91 Å². The summed E-state index contributed by atoms with van der Waals surface area (Å²) in [6.07, 6.45) is 0.474. The zero-order valence-electron chi connectivity index (χ0n) is 13.5. The van der Waals surface area contributed by atoms with Crippen molar-refractivity contribution in [3.63, 3.8) is 0 Å². The quantitative estimate of drug-likeness (QED) is 0.458. The molecule has 0 bridgehead atoms. The van der Waals surface area contributed by atoms with Gasteiger partial charge in [0.1, 0.15) is 11.6 Å². The van der Waals surface area contributed by atoms with Crippen molar-refractivity contribution >= 4 is 33.7 Å². The first-order valence-electron chi connectivity index (χ1n) is 7.47. The third kappa shape index (κ3) is 3.99. The SMILES string of the molecule is CC(C)(C)OC(=O)[C@@H]1CCC(=O)N1C(=O)c1ccccc1CBr. The van der Waals surface area contributed by atoms with Gasteiger partial charge >= 0.3 is 5.97 Å². The number of benzene rings is 1. The van der Waals surface area contributed by atoms with E-state index in [1.807, 2.05) is 12.1 Å². The van der Waals surface area contributed by atoms with Gasteiger partial charge in [0.2, 0.25) is 5.91 Å². The molecular weight excluding hydrogens is 362 g/mol. The van der Waals surface area contributed by atoms with Crippen molar-refractivity contribution in [1.29, 1.82) is 0 Å². The number of carbonyl (C=O) groups is 3. The number of ether oxygens (including phenoxy) is 1. The topological polar surface area (TPSA) is 63.7 Å². The fourth-order valence-corrected chi connectivity index (χ4v) is 3.00. The summed E-state index contributed by atoms with van der Waals surface area (Å²) in [4.78, 5) is 38.3. The average Bonchev–Trinajstić information content (AvgIpc) is 2.86. The molecule has 1 aromatic rings. The maximum atomic E-state index is 12.8. The summed E-state index contributed by atoms with van der Waals surface area (Å²) in [6.45, 7) is 5.27. The number of amides is 2. The van der Waals surface area contributed by atoms with Gasteiger partial charge in [-0.05, 0) is 38.8 Å². The van der Waals surface area contributed by atoms with E-state index in [0.29, 0.717) is 17.3 Å². The number of alkyl halides is 1. The number of esters is 1. The number of halogens is 1. The number of hydrogen-bond acceptors (Lipinski definition) is 4. The maximum Gasteiger partial charge on any atom is 0.329 e. The molecule has 1 aliphatic heterocycles. The first-order chi connectivity index (χ1) is 10.7. The molecule has 0 radical (unpaired) electrons. The van der Waals surface area contributed by atoms with Gasteiger partial charge < -0.3 is 4.74 Å². The van der Waals surface area contributed by atoms with E-state index in [1.165, 1.54) is 0 Å². The Balaban J connectivity index is 2.29. The summed E-state index contributed by atoms with van der Waals surface area (Å²) in [5.74, 6) is -1.32. The zero-order chi connectivity index (χ0) is 17.2. The molecule has 5 nitrogen and oxygen atoms in total. The second kappa shape index (κ2) is 6.83. The van der Waals surface area contributed by atoms with Crippen LogP contribution in [0.25, 0.3) is 0 Å². The second-order valence-corrected chi connectivity index (χ2v) is 7.01. The van der Waals surface area contributed by atoms with Crippen LogP contribution < -0.4 is 0 Å². The van der Waals surface area contributed by atoms with Crippen LogP contribution in [0.1, 0.15) is 49.5 Å². The van der Waals surface area contributed by atoms with Crippen LogP contribution in [0, 0.1) is 0 Å². The molecular formula is C17H20BrNO4. The molecule has 1 atom stereocenters. The molecule has 0 spiro atoms. The fraction of sp³-hybridized carbons (Fsp3) is 0.471. The van der Waals surface area contributed by atoms with Crippen LogP contribution >= 0.6 is 15.9 Å². The van der Waals surface area contributed by atoms with Crippen LogP contribution in [0.15, 0.2) is 24.3 Å². The summed E-state index contributed by atoms with van der Waals surface area (Å²) >= 11 is 3.34. The Bertz CT molecular complexity index is 636. The number of nitrogens with zero attached hydrogens (tertiary/aromatic N) is 1. The predicted octanol–water partition coefficient (Wildman–Crippen LogP) is 3.05. The van der Waals surface area contributed by atoms with E-state index in [0.717, 1.165) is 10.5 Å². The predicted molar refractivity (Wildman–Crippen MR) is 89.1 cm³/mol. The Morgan fingerprint density at radius 2 is 1.96 bits per heavy atom. The normalized spacial score (nSPS) is 18.2. The Labute approximate surface area is 144 Å². The van der Waals surface area contributed by atoms with E-state index < -0.39 is 23.5 Å². The first kappa shape index (κ1) is 17.7. The lowest BCUT2D eigenvalue weighted by Gasteiger charge is -2.26. The minimum atomic E-state index is -0.849. The summed E-state index contributed by atoms with van der Waals surface area (Å²) in [5.41, 5.74) is 0.541. The zero-order valence-corrected chi connectivity index (χ0v) is 15.1. The van der Waals surface area contributed by atoms with Crippen molar-refractivity contribution in [2.45, 2.75) is 50.6 Å². The summed E-state index contributed by atoms with van der Waals surface area (Å²) in [7, 11) is 0. The molecule has 1 heterocycles. The van der Waals surface area contributed by atoms with Crippen molar-refractivity contribution in [1.82, 2.24) is 4.90 Å². The molecule has 0 aromatic heterocycles. The molecule has 0 saturated carbocycles. The minimum Gasteiger partial charge on any atom is -0.458 e. The molecule has 1 aromatic carbocycles. The van der Waals surface area contributed by atoms with Gasteiger partial charge in [0, 0.05) is 17.3 Å². The van der Waals surface area contributed by atoms with Crippen molar-refractivity contribution in [2.24, 2.45) is 0 Å². The van der Waals surface area contributed by atoms with E-state index in [9.17, 15) is 14.4 Å². The smallest absolute Gasteiger partial charge is 0.329 e. The molecule has 1 saturated heterocycles. The lowest BCUT2D eigenvalue weighted by molar-refractivity contribution is -0.160. The Hall–Kier alpha value is -1.69. The van der Waals surface area contributed by atoms with Crippen LogP contribution in [0.2, 0.25) is 0 Å². The highest BCUT2D eigenvalue weighted by atomic mass is 79.9. The van der Waals surface area contributed by atoms with Crippen LogP contribution in [0.3, 0.4) is 0 Å². The van der Waals surface area contributed by atoms with Gasteiger partial charge in [-0.15, -0.1) is 0 Å². The molecule has 0 unspecified atom stereocenters. The van der Waals surface area contributed by atoms with Gasteiger partial charge in [-0.3, -0.25) is 14.5 Å². The molecule has 0 N–H and O–H groups in total. The monoisotopic (exact) mass is 381 g/mol. The molecule has 124 valence electrons. The summed E-state index contributed by atoms with van der Waals surface area (Å²) in [5, 5.41) is 0.494. The number of imide groups is 1. The molecule has 6 heteroatoms. The van der Waals surface area contributed by atoms with Gasteiger partial charge in [-0.1, -0.05) is 34.1 Å². The van der Waals surface area contributed by atoms with Gasteiger partial charge in [-0.25, -0.2) is 4.79 Å². The van der Waals surface area contributed by atoms with Crippen molar-refractivity contribution in [3.8, 4) is 0 Å². The minimum absolute atomic E-state index is 0.173. The number of carbonyl (C=O) groups excluding carboxylic acids is 3. The second-order valence-electron chi connectivity index (χ2n) is 6.45. The van der Waals surface area contributed by atoms with E-state index >= 15 is 0 Å². The number of likely N-dealkylation sites (tertiary alicyclic amines) is 1. The fourth-order valence-electron chi connectivity index (χ4n) is 2.51. The lowest BCUT2D eigenvalue weighted by Crippen LogP contribution is -2.45. The molecule has 1 aliphatic rings. The number of rotatable bonds is 3. The van der Waals surface area contributed by atoms with Crippen LogP contribution in [0.4, 0.5) is 0 Å². The standard InChI is InChI=1S/C17H20BrNO4/c1-17(2,3)23-16(22)13-8-9-14(20)19(13)15(21)12-7-5-4-6-11(12)10-18/h4-7,13H,8-10H2,1-3H3/t13-/m0/s1. The highest BCUT2D eigenvalue weighted by Gasteiger charge is 2.42. The third-order valence-corrected chi connectivity index (χ3v) is 4.11. The van der Waals surface area contributed by atoms with Crippen LogP contribution in [0.5, 0.6) is 0 Å². The van der Waals surface area contributed by atoms with Crippen LogP contribution in [-0.4, -0.2) is 34.3 Å². The summed E-state index contributed by atoms with van der Waals surface area (Å²) in [6, 6.07) is 6.19. The summed E-state index contributed by atoms with van der Waals surface area (Å²) < 4.78 is 5.35. The largest absolute Gasteiger partial charge is 0.458 e. The Kier molecular flexibility index (Phi) is 5.24. The highest BCUT2D eigenvalue weighted by Crippen LogP contribution is 2.26. The van der Waals surface area contributed by atoms with E-state index in [2.05, 4.69) is 15.9 Å². The molecule has 0 aliphatic carbocycles. The van der Waals surface area contributed by atoms with Gasteiger partial charge in [0.15, 0.2) is 0 Å². The molecule has 2 amide bonds. The van der Waals surface area contributed by atoms with E-state index in [1.54, 1.807) is 32.9 Å². The molecule has 2 rings (SSSR count). The van der Waals surface area contributed by atoms with Gasteiger partial charge in [0.05, 0.1) is 0 Å². The van der Waals surface area contributed by atoms with Crippen molar-refractivity contribution in [2.75, 3.05) is 0 Å². The van der Waals surface area contributed by atoms with Crippen molar-refractivity contribution in [3.05, 3.63) is 35.4 Å². The van der Waals surface area contributed by atoms with Gasteiger partial charge in [-0.2, -0.15) is 0 Å². The first-order valence-corrected chi connectivity index (χ1v) is 8.60. The lowest BCUT2D eigenvalue weighted by atomic mass is 10.1. The van der Waals surface area contributed by atoms with Crippen LogP contribution in [-0.2, 0) is 19.7 Å². The molecule has 1 fully saturated rings. The Morgan fingerprint density at radius 1 is 1.30 bits per heavy atom. The molecule has 23 heavy (non-hydrogen) atoms. The van der Waals surface area contributed by atoms with E-state index in [4.69, 9.17) is 4.74 Å². The maximum absolute atomic E-state index is 12.8. The van der Waals surface area contributed by atoms with Crippen molar-refractivity contribution < 1.29 is 19.1 Å². The van der Waals surface area contributed by atoms with E-state index in [-0.39, 0.29) is 12.3 Å². The highest BCUT2D eigenvalue weighted by molar-refractivity contribution is 9.08.